The molecule has 0 saturated heterocycles. The van der Waals surface area contributed by atoms with Gasteiger partial charge in [-0.3, -0.25) is 9.52 Å². The Morgan fingerprint density at radius 2 is 2.00 bits per heavy atom. The summed E-state index contributed by atoms with van der Waals surface area (Å²) >= 11 is 7.07. The maximum absolute atomic E-state index is 12.5. The van der Waals surface area contributed by atoms with Crippen LogP contribution in [0.5, 0.6) is 0 Å². The van der Waals surface area contributed by atoms with Crippen molar-refractivity contribution >= 4 is 38.6 Å². The number of aryl methyl sites for hydroxylation is 1. The van der Waals surface area contributed by atoms with Gasteiger partial charge in [-0.15, -0.1) is 11.3 Å². The number of anilines is 1. The zero-order chi connectivity index (χ0) is 18.0. The third-order valence-electron chi connectivity index (χ3n) is 3.42. The molecule has 25 heavy (non-hydrogen) atoms. The van der Waals surface area contributed by atoms with Crippen molar-refractivity contribution in [3.8, 4) is 11.3 Å². The van der Waals surface area contributed by atoms with E-state index in [-0.39, 0.29) is 9.77 Å². The van der Waals surface area contributed by atoms with Crippen molar-refractivity contribution in [2.24, 2.45) is 0 Å². The van der Waals surface area contributed by atoms with E-state index in [9.17, 15) is 13.2 Å². The minimum Gasteiger partial charge on any atom is -0.277 e. The Morgan fingerprint density at radius 3 is 2.72 bits per heavy atom. The van der Waals surface area contributed by atoms with Crippen molar-refractivity contribution in [1.82, 2.24) is 9.78 Å². The second-order valence-corrected chi connectivity index (χ2v) is 8.34. The van der Waals surface area contributed by atoms with Crippen LogP contribution < -0.4 is 10.3 Å². The van der Waals surface area contributed by atoms with Gasteiger partial charge in [0, 0.05) is 23.6 Å². The van der Waals surface area contributed by atoms with Gasteiger partial charge < -0.3 is 0 Å². The molecule has 0 unspecified atom stereocenters. The topological polar surface area (TPSA) is 81.1 Å². The van der Waals surface area contributed by atoms with Gasteiger partial charge in [0.05, 0.1) is 16.4 Å². The predicted octanol–water partition coefficient (Wildman–Crippen LogP) is 3.45. The van der Waals surface area contributed by atoms with Crippen LogP contribution in [-0.4, -0.2) is 18.2 Å². The van der Waals surface area contributed by atoms with Gasteiger partial charge in [-0.05, 0) is 31.2 Å². The number of hydrogen-bond donors (Lipinski definition) is 1. The molecule has 0 aliphatic rings. The lowest BCUT2D eigenvalue weighted by Crippen LogP contribution is -2.20. The maximum Gasteiger partial charge on any atom is 0.271 e. The third-order valence-corrected chi connectivity index (χ3v) is 6.56. The smallest absolute Gasteiger partial charge is 0.271 e. The van der Waals surface area contributed by atoms with E-state index in [0.717, 1.165) is 11.3 Å². The molecule has 9 heteroatoms. The van der Waals surface area contributed by atoms with Crippen molar-refractivity contribution in [2.75, 3.05) is 4.72 Å². The summed E-state index contributed by atoms with van der Waals surface area (Å²) in [5, 5.41) is 6.24. The molecule has 2 heterocycles. The molecule has 2 aromatic heterocycles. The summed E-state index contributed by atoms with van der Waals surface area (Å²) in [5.74, 6) is 0. The fourth-order valence-corrected chi connectivity index (χ4v) is 4.65. The number of hydrogen-bond acceptors (Lipinski definition) is 5. The quantitative estimate of drug-likeness (QED) is 0.717. The number of thiophene rings is 1. The van der Waals surface area contributed by atoms with Crippen molar-refractivity contribution < 1.29 is 8.42 Å². The minimum absolute atomic E-state index is 0.137. The second kappa shape index (κ2) is 6.99. The summed E-state index contributed by atoms with van der Waals surface area (Å²) < 4.78 is 29.0. The van der Waals surface area contributed by atoms with Gasteiger partial charge >= 0.3 is 0 Å². The third kappa shape index (κ3) is 3.76. The van der Waals surface area contributed by atoms with Crippen LogP contribution >= 0.6 is 22.9 Å². The molecule has 0 spiro atoms. The Balaban J connectivity index is 1.93. The Labute approximate surface area is 153 Å². The number of para-hydroxylation sites is 1. The van der Waals surface area contributed by atoms with Crippen LogP contribution in [0.25, 0.3) is 11.3 Å². The molecule has 0 fully saturated rings. The number of sulfonamides is 1. The minimum atomic E-state index is -3.76. The molecule has 3 aromatic rings. The summed E-state index contributed by atoms with van der Waals surface area (Å²) in [4.78, 5) is 11.6. The average Bonchev–Trinajstić information content (AvgIpc) is 3.08. The van der Waals surface area contributed by atoms with Crippen LogP contribution in [0.15, 0.2) is 56.8 Å². The first-order valence-corrected chi connectivity index (χ1v) is 10.1. The Morgan fingerprint density at radius 1 is 1.24 bits per heavy atom. The van der Waals surface area contributed by atoms with E-state index in [0.29, 0.717) is 28.5 Å². The molecule has 0 aliphatic heterocycles. The molecule has 0 saturated carbocycles. The highest BCUT2D eigenvalue weighted by atomic mass is 35.5. The average molecular weight is 396 g/mol. The molecule has 3 rings (SSSR count). The molecule has 1 N–H and O–H groups in total. The monoisotopic (exact) mass is 395 g/mol. The van der Waals surface area contributed by atoms with Gasteiger partial charge in [-0.1, -0.05) is 23.7 Å². The Kier molecular flexibility index (Phi) is 4.94. The zero-order valence-corrected chi connectivity index (χ0v) is 15.5. The van der Waals surface area contributed by atoms with E-state index >= 15 is 0 Å². The van der Waals surface area contributed by atoms with Gasteiger partial charge in [0.2, 0.25) is 0 Å². The van der Waals surface area contributed by atoms with E-state index in [1.54, 1.807) is 35.7 Å². The van der Waals surface area contributed by atoms with Crippen molar-refractivity contribution in [3.05, 3.63) is 63.2 Å². The molecule has 0 radical (unpaired) electrons. The molecule has 0 atom stereocenters. The molecule has 6 nitrogen and oxygen atoms in total. The number of nitrogens with one attached hydrogen (secondary N) is 1. The van der Waals surface area contributed by atoms with Crippen LogP contribution in [0, 0.1) is 0 Å². The van der Waals surface area contributed by atoms with Gasteiger partial charge in [0.15, 0.2) is 0 Å². The normalized spacial score (nSPS) is 11.4. The molecule has 1 aromatic carbocycles. The summed E-state index contributed by atoms with van der Waals surface area (Å²) in [6, 6.07) is 11.1. The standard InChI is InChI=1S/C16H14ClN3O3S2/c1-2-20-15(21)8-7-13(18-20)11-9-16(24-10-11)25(22,23)19-14-6-4-3-5-12(14)17/h3-10,19H,2H2,1H3. The van der Waals surface area contributed by atoms with Gasteiger partial charge in [-0.2, -0.15) is 5.10 Å². The first kappa shape index (κ1) is 17.7. The summed E-state index contributed by atoms with van der Waals surface area (Å²) in [7, 11) is -3.76. The molecular formula is C16H14ClN3O3S2. The van der Waals surface area contributed by atoms with Crippen LogP contribution in [0.3, 0.4) is 0 Å². The molecule has 130 valence electrons. The van der Waals surface area contributed by atoms with Crippen LogP contribution in [0.4, 0.5) is 5.69 Å². The van der Waals surface area contributed by atoms with E-state index in [1.807, 2.05) is 6.92 Å². The van der Waals surface area contributed by atoms with Crippen LogP contribution in [0.2, 0.25) is 5.02 Å². The zero-order valence-electron chi connectivity index (χ0n) is 13.1. The summed E-state index contributed by atoms with van der Waals surface area (Å²) in [5.41, 5.74) is 1.29. The molecule has 0 aliphatic carbocycles. The second-order valence-electron chi connectivity index (χ2n) is 5.11. The molecule has 0 bridgehead atoms. The fourth-order valence-electron chi connectivity index (χ4n) is 2.16. The van der Waals surface area contributed by atoms with Crippen molar-refractivity contribution in [1.29, 1.82) is 0 Å². The number of rotatable bonds is 5. The largest absolute Gasteiger partial charge is 0.277 e. The van der Waals surface area contributed by atoms with E-state index in [4.69, 9.17) is 11.6 Å². The molecular weight excluding hydrogens is 382 g/mol. The lowest BCUT2D eigenvalue weighted by atomic mass is 10.2. The number of nitrogens with zero attached hydrogens (tertiary/aromatic N) is 2. The summed E-state index contributed by atoms with van der Waals surface area (Å²) in [6.07, 6.45) is 0. The summed E-state index contributed by atoms with van der Waals surface area (Å²) in [6.45, 7) is 2.26. The lowest BCUT2D eigenvalue weighted by Gasteiger charge is -2.07. The van der Waals surface area contributed by atoms with Gasteiger partial charge in [0.1, 0.15) is 4.21 Å². The van der Waals surface area contributed by atoms with E-state index in [1.165, 1.54) is 16.8 Å². The first-order valence-electron chi connectivity index (χ1n) is 7.35. The van der Waals surface area contributed by atoms with Gasteiger partial charge in [0.25, 0.3) is 15.6 Å². The highest BCUT2D eigenvalue weighted by molar-refractivity contribution is 7.94. The number of benzene rings is 1. The highest BCUT2D eigenvalue weighted by Gasteiger charge is 2.19. The van der Waals surface area contributed by atoms with E-state index < -0.39 is 10.0 Å². The van der Waals surface area contributed by atoms with Crippen LogP contribution in [-0.2, 0) is 16.6 Å². The number of aromatic nitrogens is 2. The van der Waals surface area contributed by atoms with Crippen LogP contribution in [0.1, 0.15) is 6.92 Å². The first-order chi connectivity index (χ1) is 11.9. The van der Waals surface area contributed by atoms with E-state index in [2.05, 4.69) is 9.82 Å². The predicted molar refractivity (Wildman–Crippen MR) is 99.7 cm³/mol. The number of halogens is 1. The van der Waals surface area contributed by atoms with Gasteiger partial charge in [-0.25, -0.2) is 13.1 Å². The highest BCUT2D eigenvalue weighted by Crippen LogP contribution is 2.30. The Bertz CT molecular complexity index is 1070. The maximum atomic E-state index is 12.5. The fraction of sp³-hybridized carbons (Fsp3) is 0.125. The SMILES string of the molecule is CCn1nc(-c2csc(S(=O)(=O)Nc3ccccc3Cl)c2)ccc1=O. The lowest BCUT2D eigenvalue weighted by molar-refractivity contribution is 0.603. The Hall–Kier alpha value is -2.16. The molecule has 0 amide bonds. The van der Waals surface area contributed by atoms with Crippen molar-refractivity contribution in [2.45, 2.75) is 17.7 Å². The van der Waals surface area contributed by atoms with Crippen molar-refractivity contribution in [3.63, 3.8) is 0 Å².